The Labute approximate surface area is 188 Å². The molecular formula is C25H29N3O4. The van der Waals surface area contributed by atoms with Crippen molar-refractivity contribution >= 4 is 11.6 Å². The van der Waals surface area contributed by atoms with Gasteiger partial charge in [0.05, 0.1) is 19.8 Å². The number of carbonyl (C=O) groups is 1. The third kappa shape index (κ3) is 4.72. The van der Waals surface area contributed by atoms with Gasteiger partial charge in [0.2, 0.25) is 0 Å². The summed E-state index contributed by atoms with van der Waals surface area (Å²) >= 11 is 0. The molecule has 0 unspecified atom stereocenters. The molecule has 0 saturated carbocycles. The van der Waals surface area contributed by atoms with Gasteiger partial charge in [0, 0.05) is 38.4 Å². The molecule has 2 heterocycles. The first-order chi connectivity index (χ1) is 15.6. The molecule has 4 rings (SSSR count). The van der Waals surface area contributed by atoms with E-state index in [0.29, 0.717) is 29.4 Å². The van der Waals surface area contributed by atoms with Crippen molar-refractivity contribution in [2.75, 3.05) is 39.3 Å². The normalized spacial score (nSPS) is 13.7. The third-order valence-electron chi connectivity index (χ3n) is 5.83. The molecule has 1 aliphatic rings. The summed E-state index contributed by atoms with van der Waals surface area (Å²) in [7, 11) is 4.94. The van der Waals surface area contributed by atoms with Crippen LogP contribution < -0.4 is 14.4 Å². The smallest absolute Gasteiger partial charge is 0.276 e. The number of benzene rings is 2. The number of hydrogen-bond donors (Lipinski definition) is 0. The number of amides is 1. The zero-order valence-corrected chi connectivity index (χ0v) is 18.8. The quantitative estimate of drug-likeness (QED) is 0.539. The molecule has 1 amide bonds. The molecule has 1 aromatic heterocycles. The molecule has 0 radical (unpaired) electrons. The minimum atomic E-state index is -0.207. The zero-order chi connectivity index (χ0) is 22.5. The lowest BCUT2D eigenvalue weighted by Gasteiger charge is -2.29. The first-order valence-electron chi connectivity index (χ1n) is 10.9. The average molecular weight is 436 g/mol. The van der Waals surface area contributed by atoms with Crippen LogP contribution in [-0.4, -0.2) is 50.3 Å². The number of piperidine rings is 1. The predicted molar refractivity (Wildman–Crippen MR) is 123 cm³/mol. The van der Waals surface area contributed by atoms with Crippen molar-refractivity contribution in [2.45, 2.75) is 25.8 Å². The first-order valence-corrected chi connectivity index (χ1v) is 10.9. The van der Waals surface area contributed by atoms with Crippen molar-refractivity contribution in [2.24, 2.45) is 0 Å². The maximum Gasteiger partial charge on any atom is 0.276 e. The molecule has 1 aliphatic heterocycles. The van der Waals surface area contributed by atoms with Crippen LogP contribution in [0.1, 0.15) is 35.3 Å². The average Bonchev–Trinajstić information content (AvgIpc) is 3.34. The molecule has 168 valence electrons. The van der Waals surface area contributed by atoms with E-state index in [-0.39, 0.29) is 11.6 Å². The second-order valence-corrected chi connectivity index (χ2v) is 8.02. The van der Waals surface area contributed by atoms with E-state index in [1.54, 1.807) is 50.4 Å². The molecule has 0 N–H and O–H groups in total. The van der Waals surface area contributed by atoms with E-state index in [1.807, 2.05) is 0 Å². The van der Waals surface area contributed by atoms with Gasteiger partial charge in [-0.25, -0.2) is 0 Å². The highest BCUT2D eigenvalue weighted by molar-refractivity contribution is 5.93. The van der Waals surface area contributed by atoms with Gasteiger partial charge in [0.1, 0.15) is 11.5 Å². The van der Waals surface area contributed by atoms with Crippen molar-refractivity contribution in [3.63, 3.8) is 0 Å². The van der Waals surface area contributed by atoms with Crippen molar-refractivity contribution in [3.05, 3.63) is 59.8 Å². The number of ether oxygens (including phenoxy) is 2. The number of nitrogens with zero attached hydrogens (tertiary/aromatic N) is 3. The van der Waals surface area contributed by atoms with Gasteiger partial charge in [-0.3, -0.25) is 4.79 Å². The van der Waals surface area contributed by atoms with Crippen LogP contribution in [0.15, 0.2) is 53.1 Å². The Morgan fingerprint density at radius 1 is 1.03 bits per heavy atom. The third-order valence-corrected chi connectivity index (χ3v) is 5.83. The lowest BCUT2D eigenvalue weighted by atomic mass is 10.1. The molecule has 1 saturated heterocycles. The van der Waals surface area contributed by atoms with Crippen LogP contribution in [-0.2, 0) is 6.54 Å². The Bertz CT molecular complexity index is 1060. The summed E-state index contributed by atoms with van der Waals surface area (Å²) in [6, 6.07) is 15.5. The summed E-state index contributed by atoms with van der Waals surface area (Å²) in [6.45, 7) is 2.72. The van der Waals surface area contributed by atoms with E-state index in [0.717, 1.165) is 18.7 Å². The summed E-state index contributed by atoms with van der Waals surface area (Å²) in [5.74, 6) is 1.52. The van der Waals surface area contributed by atoms with E-state index in [1.165, 1.54) is 24.9 Å². The van der Waals surface area contributed by atoms with Crippen LogP contribution in [0.25, 0.3) is 11.3 Å². The summed E-state index contributed by atoms with van der Waals surface area (Å²) in [5.41, 5.74) is 3.24. The standard InChI is InChI=1S/C25H29N3O4/c1-27(17-18-7-9-19(10-8-18)28-13-5-4-6-14-28)25(29)22-16-24(32-26-22)21-15-20(30-2)11-12-23(21)31-3/h7-12,15-16H,4-6,13-14,17H2,1-3H3. The lowest BCUT2D eigenvalue weighted by molar-refractivity contribution is 0.0775. The highest BCUT2D eigenvalue weighted by atomic mass is 16.5. The largest absolute Gasteiger partial charge is 0.497 e. The fourth-order valence-corrected chi connectivity index (χ4v) is 4.02. The lowest BCUT2D eigenvalue weighted by Crippen LogP contribution is -2.29. The molecule has 0 atom stereocenters. The van der Waals surface area contributed by atoms with Crippen LogP contribution in [0.4, 0.5) is 5.69 Å². The second-order valence-electron chi connectivity index (χ2n) is 8.02. The zero-order valence-electron chi connectivity index (χ0n) is 18.8. The maximum atomic E-state index is 12.9. The number of hydrogen-bond acceptors (Lipinski definition) is 6. The Balaban J connectivity index is 1.44. The molecule has 0 aliphatic carbocycles. The first kappa shape index (κ1) is 21.7. The number of aromatic nitrogens is 1. The molecule has 7 heteroatoms. The summed E-state index contributed by atoms with van der Waals surface area (Å²) < 4.78 is 16.2. The molecule has 0 bridgehead atoms. The van der Waals surface area contributed by atoms with Gasteiger partial charge in [-0.05, 0) is 55.2 Å². The van der Waals surface area contributed by atoms with Gasteiger partial charge in [-0.15, -0.1) is 0 Å². The minimum absolute atomic E-state index is 0.207. The van der Waals surface area contributed by atoms with Gasteiger partial charge in [0.25, 0.3) is 5.91 Å². The molecule has 32 heavy (non-hydrogen) atoms. The van der Waals surface area contributed by atoms with Crippen LogP contribution in [0.2, 0.25) is 0 Å². The van der Waals surface area contributed by atoms with Gasteiger partial charge in [-0.2, -0.15) is 0 Å². The summed E-state index contributed by atoms with van der Waals surface area (Å²) in [6.07, 6.45) is 3.82. The van der Waals surface area contributed by atoms with Crippen molar-refractivity contribution in [1.29, 1.82) is 0 Å². The Morgan fingerprint density at radius 2 is 1.78 bits per heavy atom. The monoisotopic (exact) mass is 435 g/mol. The number of carbonyl (C=O) groups excluding carboxylic acids is 1. The van der Waals surface area contributed by atoms with E-state index in [2.05, 4.69) is 34.3 Å². The number of methoxy groups -OCH3 is 2. The topological polar surface area (TPSA) is 68.0 Å². The van der Waals surface area contributed by atoms with Gasteiger partial charge >= 0.3 is 0 Å². The highest BCUT2D eigenvalue weighted by Gasteiger charge is 2.20. The van der Waals surface area contributed by atoms with E-state index in [4.69, 9.17) is 14.0 Å². The minimum Gasteiger partial charge on any atom is -0.497 e. The molecule has 3 aromatic rings. The van der Waals surface area contributed by atoms with E-state index < -0.39 is 0 Å². The van der Waals surface area contributed by atoms with E-state index >= 15 is 0 Å². The Morgan fingerprint density at radius 3 is 2.47 bits per heavy atom. The molecular weight excluding hydrogens is 406 g/mol. The van der Waals surface area contributed by atoms with Crippen LogP contribution in [0, 0.1) is 0 Å². The Kier molecular flexibility index (Phi) is 6.63. The maximum absolute atomic E-state index is 12.9. The van der Waals surface area contributed by atoms with Crippen LogP contribution >= 0.6 is 0 Å². The van der Waals surface area contributed by atoms with Crippen molar-refractivity contribution in [3.8, 4) is 22.8 Å². The van der Waals surface area contributed by atoms with Gasteiger partial charge in [0.15, 0.2) is 11.5 Å². The van der Waals surface area contributed by atoms with Gasteiger partial charge in [-0.1, -0.05) is 17.3 Å². The number of anilines is 1. The summed E-state index contributed by atoms with van der Waals surface area (Å²) in [5, 5.41) is 3.99. The highest BCUT2D eigenvalue weighted by Crippen LogP contribution is 2.34. The second kappa shape index (κ2) is 9.77. The fourth-order valence-electron chi connectivity index (χ4n) is 4.02. The molecule has 0 spiro atoms. The van der Waals surface area contributed by atoms with Crippen LogP contribution in [0.5, 0.6) is 11.5 Å². The van der Waals surface area contributed by atoms with Crippen molar-refractivity contribution < 1.29 is 18.8 Å². The molecule has 7 nitrogen and oxygen atoms in total. The van der Waals surface area contributed by atoms with Gasteiger partial charge < -0.3 is 23.8 Å². The molecule has 2 aromatic carbocycles. The number of rotatable bonds is 7. The SMILES string of the molecule is COc1ccc(OC)c(-c2cc(C(=O)N(C)Cc3ccc(N4CCCCC4)cc3)no2)c1. The Hall–Kier alpha value is -3.48. The predicted octanol–water partition coefficient (Wildman–Crippen LogP) is 4.62. The van der Waals surface area contributed by atoms with Crippen LogP contribution in [0.3, 0.4) is 0 Å². The fraction of sp³-hybridized carbons (Fsp3) is 0.360. The van der Waals surface area contributed by atoms with E-state index in [9.17, 15) is 4.79 Å². The summed E-state index contributed by atoms with van der Waals surface area (Å²) in [4.78, 5) is 17.0. The molecule has 1 fully saturated rings. The van der Waals surface area contributed by atoms with Crippen molar-refractivity contribution in [1.82, 2.24) is 10.1 Å².